The van der Waals surface area contributed by atoms with Crippen molar-refractivity contribution in [2.75, 3.05) is 20.3 Å². The summed E-state index contributed by atoms with van der Waals surface area (Å²) in [4.78, 5) is 10.2. The van der Waals surface area contributed by atoms with Crippen molar-refractivity contribution in [3.63, 3.8) is 0 Å². The van der Waals surface area contributed by atoms with Gasteiger partial charge in [-0.15, -0.1) is 0 Å². The van der Waals surface area contributed by atoms with Gasteiger partial charge in [-0.25, -0.2) is 9.09 Å². The fourth-order valence-corrected chi connectivity index (χ4v) is 7.39. The van der Waals surface area contributed by atoms with E-state index in [0.717, 1.165) is 17.5 Å². The molecule has 1 fully saturated rings. The van der Waals surface area contributed by atoms with E-state index in [-0.39, 0.29) is 24.4 Å². The van der Waals surface area contributed by atoms with Crippen molar-refractivity contribution >= 4 is 7.82 Å². The Morgan fingerprint density at radius 3 is 2.77 bits per heavy atom. The van der Waals surface area contributed by atoms with Gasteiger partial charge in [0.15, 0.2) is 18.2 Å². The minimum absolute atomic E-state index is 0.0449. The van der Waals surface area contributed by atoms with Gasteiger partial charge in [-0.3, -0.25) is 9.01 Å². The molecule has 1 saturated heterocycles. The first-order valence-corrected chi connectivity index (χ1v) is 12.3. The second-order valence-electron chi connectivity index (χ2n) is 10.6. The lowest BCUT2D eigenvalue weighted by Gasteiger charge is -2.59. The molecule has 31 heavy (non-hydrogen) atoms. The first-order valence-electron chi connectivity index (χ1n) is 10.8. The van der Waals surface area contributed by atoms with E-state index in [2.05, 4.69) is 6.08 Å². The summed E-state index contributed by atoms with van der Waals surface area (Å²) in [7, 11) is -2.17. The fraction of sp³-hybridized carbons (Fsp3) is 0.636. The average molecular weight is 452 g/mol. The van der Waals surface area contributed by atoms with E-state index in [1.54, 1.807) is 32.9 Å². The highest BCUT2D eigenvalue weighted by Gasteiger charge is 2.68. The van der Waals surface area contributed by atoms with E-state index in [1.165, 1.54) is 0 Å². The van der Waals surface area contributed by atoms with Gasteiger partial charge in [-0.2, -0.15) is 0 Å². The summed E-state index contributed by atoms with van der Waals surface area (Å²) in [6.45, 7) is 5.87. The molecule has 5 rings (SSSR count). The van der Waals surface area contributed by atoms with Crippen LogP contribution in [-0.4, -0.2) is 63.8 Å². The van der Waals surface area contributed by atoms with E-state index in [9.17, 15) is 19.7 Å². The number of phenols is 1. The summed E-state index contributed by atoms with van der Waals surface area (Å²) in [5.74, 6) is 0.665. The number of hydrogen-bond acceptors (Lipinski definition) is 6. The van der Waals surface area contributed by atoms with Gasteiger partial charge >= 0.3 is 7.82 Å². The van der Waals surface area contributed by atoms with Gasteiger partial charge in [-0.05, 0) is 32.4 Å². The van der Waals surface area contributed by atoms with Crippen LogP contribution < -0.4 is 4.74 Å². The zero-order chi connectivity index (χ0) is 22.4. The summed E-state index contributed by atoms with van der Waals surface area (Å²) >= 11 is 0. The highest BCUT2D eigenvalue weighted by atomic mass is 31.2. The lowest BCUT2D eigenvalue weighted by atomic mass is 9.53. The van der Waals surface area contributed by atoms with Crippen LogP contribution in [-0.2, 0) is 25.4 Å². The molecule has 170 valence electrons. The number of rotatable bonds is 4. The monoisotopic (exact) mass is 452 g/mol. The Hall–Kier alpha value is -1.41. The number of aliphatic hydroxyl groups excluding tert-OH is 1. The number of ether oxygens (including phenoxy) is 1. The Morgan fingerprint density at radius 1 is 1.32 bits per heavy atom. The normalized spacial score (nSPS) is 39.5. The Labute approximate surface area is 182 Å². The van der Waals surface area contributed by atoms with Gasteiger partial charge < -0.3 is 19.8 Å². The van der Waals surface area contributed by atoms with Crippen LogP contribution >= 0.6 is 7.82 Å². The van der Waals surface area contributed by atoms with Crippen molar-refractivity contribution in [3.8, 4) is 11.5 Å². The fourth-order valence-electron chi connectivity index (χ4n) is 6.23. The second kappa shape index (κ2) is 6.56. The quantitative estimate of drug-likeness (QED) is 0.366. The van der Waals surface area contributed by atoms with Crippen LogP contribution in [0.25, 0.3) is 0 Å². The van der Waals surface area contributed by atoms with Crippen LogP contribution in [0, 0.1) is 5.92 Å². The molecule has 7 atom stereocenters. The minimum Gasteiger partial charge on any atom is -0.504 e. The molecular weight excluding hydrogens is 421 g/mol. The predicted octanol–water partition coefficient (Wildman–Crippen LogP) is 2.60. The van der Waals surface area contributed by atoms with Gasteiger partial charge in [0.05, 0.1) is 24.6 Å². The molecule has 3 N–H and O–H groups in total. The van der Waals surface area contributed by atoms with E-state index in [4.69, 9.17) is 13.8 Å². The maximum absolute atomic E-state index is 12.5. The SMILES string of the molecule is CC(C)(C)OP(=O)(O)OC[N+]1(C)CC[C@]23c4c5ccc(O)c4O[C@H]2[C@@H](O)C=C[C@H]3[C@H]1C5. The molecule has 1 aromatic carbocycles. The smallest absolute Gasteiger partial charge is 0.477 e. The highest BCUT2D eigenvalue weighted by molar-refractivity contribution is 7.47. The molecular formula is C22H31NO7P+. The van der Waals surface area contributed by atoms with Crippen LogP contribution in [0.15, 0.2) is 24.3 Å². The lowest BCUT2D eigenvalue weighted by Crippen LogP contribution is -2.71. The van der Waals surface area contributed by atoms with Crippen LogP contribution in [0.5, 0.6) is 11.5 Å². The van der Waals surface area contributed by atoms with Gasteiger partial charge in [-0.1, -0.05) is 18.2 Å². The maximum Gasteiger partial charge on any atom is 0.477 e. The third-order valence-corrected chi connectivity index (χ3v) is 8.67. The van der Waals surface area contributed by atoms with E-state index >= 15 is 0 Å². The van der Waals surface area contributed by atoms with Crippen LogP contribution in [0.1, 0.15) is 38.3 Å². The molecule has 0 radical (unpaired) electrons. The lowest BCUT2D eigenvalue weighted by molar-refractivity contribution is -0.957. The summed E-state index contributed by atoms with van der Waals surface area (Å²) in [5, 5.41) is 21.2. The molecule has 1 spiro atoms. The third kappa shape index (κ3) is 3.11. The zero-order valence-corrected chi connectivity index (χ0v) is 19.2. The molecule has 1 aromatic rings. The second-order valence-corrected chi connectivity index (χ2v) is 12.0. The molecule has 0 aromatic heterocycles. The summed E-state index contributed by atoms with van der Waals surface area (Å²) < 4.78 is 29.9. The Morgan fingerprint density at radius 2 is 2.06 bits per heavy atom. The Kier molecular flexibility index (Phi) is 4.54. The number of likely N-dealkylation sites (N-methyl/N-ethyl adjacent to an activating group) is 1. The Balaban J connectivity index is 1.51. The van der Waals surface area contributed by atoms with Crippen molar-refractivity contribution in [2.24, 2.45) is 5.92 Å². The van der Waals surface area contributed by atoms with Gasteiger partial charge in [0, 0.05) is 24.3 Å². The van der Waals surface area contributed by atoms with E-state index in [1.807, 2.05) is 13.1 Å². The average Bonchev–Trinajstić information content (AvgIpc) is 3.01. The standard InChI is InChI=1S/C22H30NO7P/c1-21(2,3)30-31(26,27)28-12-23(4)10-9-22-14-6-8-17(25)20(22)29-19-16(24)7-5-13(18(19)22)11-15(14)23/h5-8,14-15,17,20,25H,9-12H2,1-4H3,(H-,24,26,27)/p+1/t14-,15+,17-,20-,22-,23?/m0/s1. The number of nitrogens with zero attached hydrogens (tertiary/aromatic N) is 1. The largest absolute Gasteiger partial charge is 0.504 e. The number of likely N-dealkylation sites (tertiary alicyclic amines) is 1. The van der Waals surface area contributed by atoms with Crippen LogP contribution in [0.2, 0.25) is 0 Å². The number of aromatic hydroxyl groups is 1. The number of piperidine rings is 1. The number of phosphoric ester groups is 1. The summed E-state index contributed by atoms with van der Waals surface area (Å²) in [6.07, 6.45) is 4.08. The molecule has 0 saturated carbocycles. The maximum atomic E-state index is 12.5. The predicted molar refractivity (Wildman–Crippen MR) is 113 cm³/mol. The highest BCUT2D eigenvalue weighted by Crippen LogP contribution is 2.63. The topological polar surface area (TPSA) is 105 Å². The third-order valence-electron chi connectivity index (χ3n) is 7.45. The molecule has 2 aliphatic heterocycles. The number of phenolic OH excluding ortho intramolecular Hbond substituents is 1. The summed E-state index contributed by atoms with van der Waals surface area (Å²) in [6, 6.07) is 3.66. The van der Waals surface area contributed by atoms with E-state index in [0.29, 0.717) is 23.2 Å². The van der Waals surface area contributed by atoms with Crippen molar-refractivity contribution in [1.82, 2.24) is 0 Å². The van der Waals surface area contributed by atoms with Gasteiger partial charge in [0.2, 0.25) is 0 Å². The molecule has 2 bridgehead atoms. The van der Waals surface area contributed by atoms with Crippen molar-refractivity contribution in [1.29, 1.82) is 0 Å². The van der Waals surface area contributed by atoms with Crippen molar-refractivity contribution < 1.29 is 37.9 Å². The molecule has 4 aliphatic rings. The Bertz CT molecular complexity index is 1000. The molecule has 2 aliphatic carbocycles. The number of phosphoric acid groups is 1. The van der Waals surface area contributed by atoms with Crippen LogP contribution in [0.3, 0.4) is 0 Å². The molecule has 2 unspecified atom stereocenters. The van der Waals surface area contributed by atoms with Gasteiger partial charge in [0.25, 0.3) is 0 Å². The number of hydrogen-bond donors (Lipinski definition) is 3. The number of benzene rings is 1. The van der Waals surface area contributed by atoms with Gasteiger partial charge in [0.1, 0.15) is 18.2 Å². The first kappa shape index (κ1) is 21.4. The first-order chi connectivity index (χ1) is 14.4. The molecule has 2 heterocycles. The summed E-state index contributed by atoms with van der Waals surface area (Å²) in [5.41, 5.74) is 0.913. The van der Waals surface area contributed by atoms with Crippen LogP contribution in [0.4, 0.5) is 0 Å². The molecule has 0 amide bonds. The number of quaternary nitrogens is 1. The zero-order valence-electron chi connectivity index (χ0n) is 18.3. The molecule has 8 nitrogen and oxygen atoms in total. The molecule has 9 heteroatoms. The van der Waals surface area contributed by atoms with Crippen molar-refractivity contribution in [3.05, 3.63) is 35.4 Å². The minimum atomic E-state index is -4.21. The van der Waals surface area contributed by atoms with E-state index < -0.39 is 31.0 Å². The van der Waals surface area contributed by atoms with Crippen molar-refractivity contribution in [2.45, 2.75) is 62.9 Å². The number of aliphatic hydroxyl groups is 1.